The van der Waals surface area contributed by atoms with E-state index < -0.39 is 33.8 Å². The molecule has 29 heavy (non-hydrogen) atoms. The lowest BCUT2D eigenvalue weighted by molar-refractivity contribution is -0.141. The number of ether oxygens (including phenoxy) is 1. The number of oxazole rings is 1. The monoisotopic (exact) mass is 429 g/mol. The van der Waals surface area contributed by atoms with E-state index in [1.165, 1.54) is 41.9 Å². The van der Waals surface area contributed by atoms with E-state index in [1.807, 2.05) is 0 Å². The Labute approximate surface area is 162 Å². The van der Waals surface area contributed by atoms with Crippen LogP contribution in [0.5, 0.6) is 5.88 Å². The average molecular weight is 429 g/mol. The van der Waals surface area contributed by atoms with Gasteiger partial charge >= 0.3 is 11.9 Å². The van der Waals surface area contributed by atoms with Crippen LogP contribution in [0.3, 0.4) is 0 Å². The number of sulfonamides is 1. The average Bonchev–Trinajstić information content (AvgIpc) is 2.91. The van der Waals surface area contributed by atoms with Crippen molar-refractivity contribution in [2.24, 2.45) is 7.05 Å². The molecule has 1 saturated heterocycles. The highest BCUT2D eigenvalue weighted by atomic mass is 32.2. The molecule has 0 spiro atoms. The summed E-state index contributed by atoms with van der Waals surface area (Å²) in [6, 6.07) is 7.32. The van der Waals surface area contributed by atoms with Gasteiger partial charge in [-0.05, 0) is 24.3 Å². The molecule has 1 fully saturated rings. The van der Waals surface area contributed by atoms with E-state index in [0.29, 0.717) is 5.52 Å². The Balaban J connectivity index is 1.48. The zero-order valence-electron chi connectivity index (χ0n) is 14.9. The molecule has 0 amide bonds. The maximum atomic E-state index is 12.7. The summed E-state index contributed by atoms with van der Waals surface area (Å²) in [4.78, 5) is 14.9. The summed E-state index contributed by atoms with van der Waals surface area (Å²) in [7, 11) is -2.40. The number of hydrogen-bond donors (Lipinski definition) is 0. The Morgan fingerprint density at radius 3 is 2.62 bits per heavy atom. The van der Waals surface area contributed by atoms with Crippen molar-refractivity contribution in [3.8, 4) is 5.88 Å². The lowest BCUT2D eigenvalue weighted by Crippen LogP contribution is -2.56. The van der Waals surface area contributed by atoms with Gasteiger partial charge in [-0.3, -0.25) is 4.57 Å². The number of aryl methyl sites for hydroxylation is 1. The summed E-state index contributed by atoms with van der Waals surface area (Å²) in [5.41, 5.74) is -0.493. The normalized spacial score (nSPS) is 16.1. The van der Waals surface area contributed by atoms with Crippen molar-refractivity contribution in [1.29, 1.82) is 0 Å². The second-order valence-corrected chi connectivity index (χ2v) is 8.42. The van der Waals surface area contributed by atoms with Gasteiger partial charge < -0.3 is 9.15 Å². The van der Waals surface area contributed by atoms with Crippen molar-refractivity contribution in [3.05, 3.63) is 52.6 Å². The Morgan fingerprint density at radius 2 is 1.93 bits per heavy atom. The van der Waals surface area contributed by atoms with Crippen molar-refractivity contribution < 1.29 is 30.7 Å². The number of rotatable bonds is 4. The minimum absolute atomic E-state index is 0.0305. The smallest absolute Gasteiger partial charge is 0.433 e. The third kappa shape index (κ3) is 3.49. The molecule has 4 rings (SSSR count). The Kier molecular flexibility index (Phi) is 4.42. The van der Waals surface area contributed by atoms with Crippen LogP contribution in [0.25, 0.3) is 11.1 Å². The molecule has 8 nitrogen and oxygen atoms in total. The first-order valence-electron chi connectivity index (χ1n) is 8.36. The van der Waals surface area contributed by atoms with E-state index in [1.54, 1.807) is 0 Å². The molecule has 0 unspecified atom stereocenters. The minimum Gasteiger partial charge on any atom is -0.472 e. The molecule has 3 aromatic rings. The Hall–Kier alpha value is -2.86. The molecule has 3 heterocycles. The van der Waals surface area contributed by atoms with Crippen molar-refractivity contribution in [3.63, 3.8) is 0 Å². The Bertz CT molecular complexity index is 1240. The lowest BCUT2D eigenvalue weighted by Gasteiger charge is -2.37. The third-order valence-electron chi connectivity index (χ3n) is 4.52. The molecule has 0 aliphatic carbocycles. The fraction of sp³-hybridized carbons (Fsp3) is 0.294. The standard InChI is InChI=1S/C17H14F3N3O5S/c1-22-12-7-11(5-6-13(12)28-16(22)24)29(25,26)23-8-10(9-23)27-15-4-2-3-14(21-15)17(18,19)20/h2-7,10H,8-9H2,1H3. The number of hydrogen-bond acceptors (Lipinski definition) is 6. The molecule has 0 atom stereocenters. The fourth-order valence-electron chi connectivity index (χ4n) is 2.90. The molecule has 1 aliphatic heterocycles. The van der Waals surface area contributed by atoms with Crippen LogP contribution < -0.4 is 10.5 Å². The zero-order valence-corrected chi connectivity index (χ0v) is 15.7. The van der Waals surface area contributed by atoms with Crippen molar-refractivity contribution in [1.82, 2.24) is 13.9 Å². The van der Waals surface area contributed by atoms with Gasteiger partial charge in [0.05, 0.1) is 23.5 Å². The van der Waals surface area contributed by atoms with E-state index in [2.05, 4.69) is 4.98 Å². The predicted molar refractivity (Wildman–Crippen MR) is 93.9 cm³/mol. The van der Waals surface area contributed by atoms with Gasteiger partial charge in [-0.1, -0.05) is 6.07 Å². The van der Waals surface area contributed by atoms with E-state index >= 15 is 0 Å². The van der Waals surface area contributed by atoms with Gasteiger partial charge in [0.25, 0.3) is 0 Å². The van der Waals surface area contributed by atoms with E-state index in [0.717, 1.165) is 10.4 Å². The first-order chi connectivity index (χ1) is 13.6. The van der Waals surface area contributed by atoms with Crippen LogP contribution in [0.2, 0.25) is 0 Å². The topological polar surface area (TPSA) is 94.6 Å². The molecule has 1 aromatic carbocycles. The van der Waals surface area contributed by atoms with Crippen LogP contribution in [-0.4, -0.2) is 41.5 Å². The van der Waals surface area contributed by atoms with E-state index in [4.69, 9.17) is 9.15 Å². The number of pyridine rings is 1. The summed E-state index contributed by atoms with van der Waals surface area (Å²) in [5.74, 6) is -0.836. The molecule has 0 saturated carbocycles. The first kappa shape index (κ1) is 19.5. The first-order valence-corrected chi connectivity index (χ1v) is 9.80. The van der Waals surface area contributed by atoms with Gasteiger partial charge in [0.1, 0.15) is 11.8 Å². The Morgan fingerprint density at radius 1 is 1.21 bits per heavy atom. The zero-order chi connectivity index (χ0) is 21.0. The summed E-state index contributed by atoms with van der Waals surface area (Å²) in [5, 5.41) is 0. The molecular weight excluding hydrogens is 415 g/mol. The van der Waals surface area contributed by atoms with Crippen LogP contribution in [0.1, 0.15) is 5.69 Å². The number of alkyl halides is 3. The molecule has 154 valence electrons. The molecule has 0 N–H and O–H groups in total. The molecule has 2 aromatic heterocycles. The molecular formula is C17H14F3N3O5S. The van der Waals surface area contributed by atoms with Crippen LogP contribution in [-0.2, 0) is 23.2 Å². The molecule has 0 radical (unpaired) electrons. The maximum Gasteiger partial charge on any atom is 0.433 e. The number of benzene rings is 1. The van der Waals surface area contributed by atoms with Gasteiger partial charge in [-0.15, -0.1) is 0 Å². The van der Waals surface area contributed by atoms with Crippen LogP contribution >= 0.6 is 0 Å². The van der Waals surface area contributed by atoms with Crippen LogP contribution in [0.15, 0.2) is 50.5 Å². The van der Waals surface area contributed by atoms with Crippen LogP contribution in [0.4, 0.5) is 13.2 Å². The highest BCUT2D eigenvalue weighted by molar-refractivity contribution is 7.89. The van der Waals surface area contributed by atoms with Gasteiger partial charge in [0.15, 0.2) is 5.58 Å². The van der Waals surface area contributed by atoms with Crippen LogP contribution in [0, 0.1) is 0 Å². The van der Waals surface area contributed by atoms with Crippen molar-refractivity contribution in [2.75, 3.05) is 13.1 Å². The molecule has 12 heteroatoms. The summed E-state index contributed by atoms with van der Waals surface area (Å²) < 4.78 is 76.3. The van der Waals surface area contributed by atoms with Gasteiger partial charge in [-0.25, -0.2) is 18.2 Å². The third-order valence-corrected chi connectivity index (χ3v) is 6.34. The molecule has 0 bridgehead atoms. The van der Waals surface area contributed by atoms with Gasteiger partial charge in [0.2, 0.25) is 15.9 Å². The number of fused-ring (bicyclic) bond motifs is 1. The van der Waals surface area contributed by atoms with Crippen molar-refractivity contribution in [2.45, 2.75) is 17.2 Å². The SMILES string of the molecule is Cn1c(=O)oc2ccc(S(=O)(=O)N3CC(Oc4cccc(C(F)(F)F)n4)C3)cc21. The second kappa shape index (κ2) is 6.59. The highest BCUT2D eigenvalue weighted by Gasteiger charge is 2.39. The predicted octanol–water partition coefficient (Wildman–Crippen LogP) is 2.00. The minimum atomic E-state index is -4.60. The second-order valence-electron chi connectivity index (χ2n) is 6.48. The fourth-order valence-corrected chi connectivity index (χ4v) is 4.42. The van der Waals surface area contributed by atoms with Gasteiger partial charge in [0, 0.05) is 13.1 Å². The summed E-state index contributed by atoms with van der Waals surface area (Å²) in [6.45, 7) is -0.0781. The van der Waals surface area contributed by atoms with Gasteiger partial charge in [-0.2, -0.15) is 17.5 Å². The number of aromatic nitrogens is 2. The quantitative estimate of drug-likeness (QED) is 0.630. The summed E-state index contributed by atoms with van der Waals surface area (Å²) >= 11 is 0. The summed E-state index contributed by atoms with van der Waals surface area (Å²) in [6.07, 6.45) is -5.22. The largest absolute Gasteiger partial charge is 0.472 e. The van der Waals surface area contributed by atoms with Crippen molar-refractivity contribution >= 4 is 21.1 Å². The lowest BCUT2D eigenvalue weighted by atomic mass is 10.2. The number of nitrogens with zero attached hydrogens (tertiary/aromatic N) is 3. The maximum absolute atomic E-state index is 12.7. The van der Waals surface area contributed by atoms with E-state index in [9.17, 15) is 26.4 Å². The highest BCUT2D eigenvalue weighted by Crippen LogP contribution is 2.30. The number of halogens is 3. The molecule has 1 aliphatic rings. The van der Waals surface area contributed by atoms with E-state index in [-0.39, 0.29) is 29.4 Å².